The Labute approximate surface area is 124 Å². The van der Waals surface area contributed by atoms with E-state index in [2.05, 4.69) is 20.9 Å². The molecule has 1 saturated heterocycles. The molecule has 4 nitrogen and oxygen atoms in total. The molecule has 2 atom stereocenters. The number of ether oxygens (including phenoxy) is 1. The van der Waals surface area contributed by atoms with Gasteiger partial charge in [-0.1, -0.05) is 0 Å². The second-order valence-electron chi connectivity index (χ2n) is 4.94. The fraction of sp³-hybridized carbons (Fsp3) is 0.357. The van der Waals surface area contributed by atoms with E-state index in [1.165, 1.54) is 6.07 Å². The number of halogens is 2. The molecular formula is C14H15BrFN3O. The van der Waals surface area contributed by atoms with Gasteiger partial charge < -0.3 is 15.0 Å². The summed E-state index contributed by atoms with van der Waals surface area (Å²) in [5, 5.41) is 0. The monoisotopic (exact) mass is 339 g/mol. The van der Waals surface area contributed by atoms with Crippen LogP contribution in [0.5, 0.6) is 0 Å². The topological polar surface area (TPSA) is 53.1 Å². The maximum Gasteiger partial charge on any atom is 0.137 e. The molecule has 1 aromatic carbocycles. The van der Waals surface area contributed by atoms with Crippen molar-refractivity contribution in [2.75, 3.05) is 13.2 Å². The minimum Gasteiger partial charge on any atom is -0.381 e. The Balaban J connectivity index is 1.94. The second-order valence-corrected chi connectivity index (χ2v) is 5.79. The van der Waals surface area contributed by atoms with Gasteiger partial charge in [0.05, 0.1) is 35.3 Å². The lowest BCUT2D eigenvalue weighted by atomic mass is 9.97. The number of aromatic nitrogens is 2. The van der Waals surface area contributed by atoms with Gasteiger partial charge in [0.15, 0.2) is 0 Å². The van der Waals surface area contributed by atoms with Crippen molar-refractivity contribution < 1.29 is 9.13 Å². The van der Waals surface area contributed by atoms with Crippen LogP contribution in [0.25, 0.3) is 5.69 Å². The number of benzene rings is 1. The van der Waals surface area contributed by atoms with Gasteiger partial charge in [0.2, 0.25) is 0 Å². The highest BCUT2D eigenvalue weighted by Crippen LogP contribution is 2.29. The molecule has 1 aliphatic rings. The molecule has 0 amide bonds. The average Bonchev–Trinajstić information content (AvgIpc) is 3.11. The summed E-state index contributed by atoms with van der Waals surface area (Å²) >= 11 is 3.20. The standard InChI is InChI=1S/C14H15BrFN3O/c15-11-5-10(1-2-12(11)16)19-8-18-6-13(19)14(17)9-3-4-20-7-9/h1-2,5-6,8-9,14H,3-4,7,17H2. The van der Waals surface area contributed by atoms with Gasteiger partial charge in [-0.05, 0) is 40.5 Å². The van der Waals surface area contributed by atoms with Gasteiger partial charge in [-0.3, -0.25) is 0 Å². The molecule has 0 spiro atoms. The van der Waals surface area contributed by atoms with Gasteiger partial charge in [-0.15, -0.1) is 0 Å². The van der Waals surface area contributed by atoms with Crippen LogP contribution in [-0.4, -0.2) is 22.8 Å². The summed E-state index contributed by atoms with van der Waals surface area (Å²) in [6, 6.07) is 4.72. The quantitative estimate of drug-likeness (QED) is 0.935. The van der Waals surface area contributed by atoms with Gasteiger partial charge in [-0.25, -0.2) is 9.37 Å². The van der Waals surface area contributed by atoms with E-state index in [0.29, 0.717) is 17.0 Å². The zero-order chi connectivity index (χ0) is 14.1. The Morgan fingerprint density at radius 3 is 3.05 bits per heavy atom. The highest BCUT2D eigenvalue weighted by molar-refractivity contribution is 9.10. The van der Waals surface area contributed by atoms with E-state index in [1.54, 1.807) is 24.7 Å². The van der Waals surface area contributed by atoms with Crippen LogP contribution in [0.2, 0.25) is 0 Å². The van der Waals surface area contributed by atoms with Crippen LogP contribution in [0.1, 0.15) is 18.2 Å². The van der Waals surface area contributed by atoms with E-state index in [0.717, 1.165) is 24.4 Å². The predicted molar refractivity (Wildman–Crippen MR) is 77.1 cm³/mol. The van der Waals surface area contributed by atoms with Crippen LogP contribution in [0.4, 0.5) is 4.39 Å². The number of hydrogen-bond acceptors (Lipinski definition) is 3. The van der Waals surface area contributed by atoms with Crippen molar-refractivity contribution in [2.45, 2.75) is 12.5 Å². The maximum atomic E-state index is 13.3. The van der Waals surface area contributed by atoms with Crippen molar-refractivity contribution in [1.29, 1.82) is 0 Å². The number of nitrogens with two attached hydrogens (primary N) is 1. The zero-order valence-electron chi connectivity index (χ0n) is 10.8. The first kappa shape index (κ1) is 13.7. The molecule has 3 rings (SSSR count). The van der Waals surface area contributed by atoms with Gasteiger partial charge >= 0.3 is 0 Å². The first-order chi connectivity index (χ1) is 9.66. The van der Waals surface area contributed by atoms with Gasteiger partial charge in [0, 0.05) is 18.2 Å². The van der Waals surface area contributed by atoms with Crippen molar-refractivity contribution in [3.63, 3.8) is 0 Å². The summed E-state index contributed by atoms with van der Waals surface area (Å²) in [6.07, 6.45) is 4.42. The summed E-state index contributed by atoms with van der Waals surface area (Å²) < 4.78 is 21.0. The third kappa shape index (κ3) is 2.51. The molecule has 2 unspecified atom stereocenters. The second kappa shape index (κ2) is 5.63. The molecule has 6 heteroatoms. The van der Waals surface area contributed by atoms with E-state index < -0.39 is 0 Å². The maximum absolute atomic E-state index is 13.3. The lowest BCUT2D eigenvalue weighted by Gasteiger charge is -2.19. The number of nitrogens with zero attached hydrogens (tertiary/aromatic N) is 2. The lowest BCUT2D eigenvalue weighted by molar-refractivity contribution is 0.180. The first-order valence-corrected chi connectivity index (χ1v) is 7.27. The smallest absolute Gasteiger partial charge is 0.137 e. The van der Waals surface area contributed by atoms with Crippen LogP contribution in [0.3, 0.4) is 0 Å². The van der Waals surface area contributed by atoms with Gasteiger partial charge in [0.1, 0.15) is 5.82 Å². The lowest BCUT2D eigenvalue weighted by Crippen LogP contribution is -2.24. The van der Waals surface area contributed by atoms with Crippen molar-refractivity contribution >= 4 is 15.9 Å². The molecule has 2 N–H and O–H groups in total. The third-order valence-electron chi connectivity index (χ3n) is 3.66. The van der Waals surface area contributed by atoms with E-state index in [9.17, 15) is 4.39 Å². The van der Waals surface area contributed by atoms with Crippen molar-refractivity contribution in [3.05, 3.63) is 46.7 Å². The summed E-state index contributed by atoms with van der Waals surface area (Å²) in [4.78, 5) is 4.18. The third-order valence-corrected chi connectivity index (χ3v) is 4.27. The predicted octanol–water partition coefficient (Wildman–Crippen LogP) is 2.81. The number of hydrogen-bond donors (Lipinski definition) is 1. The van der Waals surface area contributed by atoms with E-state index in [-0.39, 0.29) is 11.9 Å². The minimum atomic E-state index is -0.288. The van der Waals surface area contributed by atoms with Crippen LogP contribution >= 0.6 is 15.9 Å². The van der Waals surface area contributed by atoms with Crippen molar-refractivity contribution in [1.82, 2.24) is 9.55 Å². The minimum absolute atomic E-state index is 0.135. The molecule has 0 aliphatic carbocycles. The van der Waals surface area contributed by atoms with E-state index in [1.807, 2.05) is 4.57 Å². The molecule has 0 radical (unpaired) electrons. The first-order valence-electron chi connectivity index (χ1n) is 6.48. The molecule has 1 aliphatic heterocycles. The fourth-order valence-corrected chi connectivity index (χ4v) is 2.85. The fourth-order valence-electron chi connectivity index (χ4n) is 2.48. The van der Waals surface area contributed by atoms with Gasteiger partial charge in [0.25, 0.3) is 0 Å². The van der Waals surface area contributed by atoms with E-state index >= 15 is 0 Å². The molecular weight excluding hydrogens is 325 g/mol. The average molecular weight is 340 g/mol. The van der Waals surface area contributed by atoms with Crippen LogP contribution in [0.15, 0.2) is 35.2 Å². The summed E-state index contributed by atoms with van der Waals surface area (Å²) in [5.74, 6) is 0.0123. The normalized spacial score (nSPS) is 20.2. The number of imidazole rings is 1. The molecule has 2 aromatic rings. The largest absolute Gasteiger partial charge is 0.381 e. The summed E-state index contributed by atoms with van der Waals surface area (Å²) in [6.45, 7) is 1.44. The zero-order valence-corrected chi connectivity index (χ0v) is 12.4. The van der Waals surface area contributed by atoms with E-state index in [4.69, 9.17) is 10.5 Å². The molecule has 2 heterocycles. The summed E-state index contributed by atoms with van der Waals surface area (Å²) in [5.41, 5.74) is 8.07. The Morgan fingerprint density at radius 2 is 2.35 bits per heavy atom. The number of rotatable bonds is 3. The van der Waals surface area contributed by atoms with Crippen LogP contribution in [-0.2, 0) is 4.74 Å². The van der Waals surface area contributed by atoms with Crippen molar-refractivity contribution in [3.8, 4) is 5.69 Å². The van der Waals surface area contributed by atoms with Crippen LogP contribution < -0.4 is 5.73 Å². The Bertz CT molecular complexity index is 610. The summed E-state index contributed by atoms with van der Waals surface area (Å²) in [7, 11) is 0. The highest BCUT2D eigenvalue weighted by atomic mass is 79.9. The SMILES string of the molecule is NC(c1cncn1-c1ccc(F)c(Br)c1)C1CCOC1. The molecule has 106 valence electrons. The molecule has 1 aromatic heterocycles. The van der Waals surface area contributed by atoms with Crippen molar-refractivity contribution in [2.24, 2.45) is 11.7 Å². The molecule has 1 fully saturated rings. The highest BCUT2D eigenvalue weighted by Gasteiger charge is 2.26. The Kier molecular flexibility index (Phi) is 3.87. The molecule has 20 heavy (non-hydrogen) atoms. The Hall–Kier alpha value is -1.24. The Morgan fingerprint density at radius 1 is 1.50 bits per heavy atom. The molecule has 0 bridgehead atoms. The van der Waals surface area contributed by atoms with Crippen LogP contribution in [0, 0.1) is 11.7 Å². The van der Waals surface area contributed by atoms with Gasteiger partial charge in [-0.2, -0.15) is 0 Å². The molecule has 0 saturated carbocycles.